The SMILES string of the molecule is CCc1sc(C(=O)NNC(=O)[C@H]2CC(=O)N(c3ccc(C)cc3)C2)cc1C. The van der Waals surface area contributed by atoms with E-state index in [1.54, 1.807) is 4.90 Å². The summed E-state index contributed by atoms with van der Waals surface area (Å²) in [5.74, 6) is -1.27. The third-order valence-corrected chi connectivity index (χ3v) is 6.09. The van der Waals surface area contributed by atoms with E-state index in [1.807, 2.05) is 51.1 Å². The van der Waals surface area contributed by atoms with Gasteiger partial charge in [0.15, 0.2) is 0 Å². The molecule has 0 unspecified atom stereocenters. The molecule has 2 heterocycles. The second-order valence-electron chi connectivity index (χ2n) is 6.75. The van der Waals surface area contributed by atoms with E-state index >= 15 is 0 Å². The van der Waals surface area contributed by atoms with E-state index < -0.39 is 5.92 Å². The topological polar surface area (TPSA) is 78.5 Å². The average Bonchev–Trinajstić information content (AvgIpc) is 3.23. The summed E-state index contributed by atoms with van der Waals surface area (Å²) in [6.07, 6.45) is 1.00. The largest absolute Gasteiger partial charge is 0.312 e. The Balaban J connectivity index is 1.57. The van der Waals surface area contributed by atoms with E-state index in [9.17, 15) is 14.4 Å². The van der Waals surface area contributed by atoms with Crippen LogP contribution < -0.4 is 15.8 Å². The maximum atomic E-state index is 12.4. The van der Waals surface area contributed by atoms with Crippen LogP contribution in [-0.4, -0.2) is 24.3 Å². The Kier molecular flexibility index (Phi) is 5.60. The minimum Gasteiger partial charge on any atom is -0.312 e. The number of amides is 3. The third kappa shape index (κ3) is 4.19. The van der Waals surface area contributed by atoms with Crippen LogP contribution in [-0.2, 0) is 16.0 Å². The summed E-state index contributed by atoms with van der Waals surface area (Å²) >= 11 is 1.43. The summed E-state index contributed by atoms with van der Waals surface area (Å²) in [6, 6.07) is 9.44. The number of rotatable bonds is 4. The molecule has 0 spiro atoms. The lowest BCUT2D eigenvalue weighted by atomic mass is 10.1. The van der Waals surface area contributed by atoms with E-state index in [-0.39, 0.29) is 24.1 Å². The lowest BCUT2D eigenvalue weighted by Crippen LogP contribution is -2.45. The summed E-state index contributed by atoms with van der Waals surface area (Å²) in [4.78, 5) is 40.2. The monoisotopic (exact) mass is 385 g/mol. The van der Waals surface area contributed by atoms with Gasteiger partial charge in [-0.1, -0.05) is 24.6 Å². The molecule has 0 radical (unpaired) electrons. The summed E-state index contributed by atoms with van der Waals surface area (Å²) in [5.41, 5.74) is 7.89. The highest BCUT2D eigenvalue weighted by Gasteiger charge is 2.35. The number of thiophene rings is 1. The van der Waals surface area contributed by atoms with E-state index in [4.69, 9.17) is 0 Å². The summed E-state index contributed by atoms with van der Waals surface area (Å²) < 4.78 is 0. The zero-order valence-electron chi connectivity index (χ0n) is 15.7. The lowest BCUT2D eigenvalue weighted by molar-refractivity contribution is -0.126. The molecule has 3 rings (SSSR count). The zero-order chi connectivity index (χ0) is 19.6. The number of hydrazine groups is 1. The van der Waals surface area contributed by atoms with Gasteiger partial charge in [-0.3, -0.25) is 25.2 Å². The Morgan fingerprint density at radius 1 is 1.19 bits per heavy atom. The summed E-state index contributed by atoms with van der Waals surface area (Å²) in [5, 5.41) is 0. The number of carbonyl (C=O) groups is 3. The fourth-order valence-corrected chi connectivity index (χ4v) is 4.13. The lowest BCUT2D eigenvalue weighted by Gasteiger charge is -2.17. The van der Waals surface area contributed by atoms with Crippen molar-refractivity contribution in [3.63, 3.8) is 0 Å². The van der Waals surface area contributed by atoms with Crippen LogP contribution in [0.3, 0.4) is 0 Å². The molecule has 1 aliphatic heterocycles. The van der Waals surface area contributed by atoms with Crippen LogP contribution in [0.15, 0.2) is 30.3 Å². The van der Waals surface area contributed by atoms with Crippen molar-refractivity contribution in [2.45, 2.75) is 33.6 Å². The molecule has 27 heavy (non-hydrogen) atoms. The van der Waals surface area contributed by atoms with Crippen molar-refractivity contribution < 1.29 is 14.4 Å². The number of nitrogens with zero attached hydrogens (tertiary/aromatic N) is 1. The van der Waals surface area contributed by atoms with Gasteiger partial charge in [0.05, 0.1) is 10.8 Å². The number of carbonyl (C=O) groups excluding carboxylic acids is 3. The van der Waals surface area contributed by atoms with Gasteiger partial charge in [-0.25, -0.2) is 0 Å². The van der Waals surface area contributed by atoms with Crippen LogP contribution in [0.2, 0.25) is 0 Å². The first-order valence-corrected chi connectivity index (χ1v) is 9.77. The normalized spacial score (nSPS) is 16.5. The first-order valence-electron chi connectivity index (χ1n) is 8.95. The Bertz CT molecular complexity index is 873. The molecule has 0 saturated carbocycles. The summed E-state index contributed by atoms with van der Waals surface area (Å²) in [6.45, 7) is 6.29. The fourth-order valence-electron chi connectivity index (χ4n) is 3.12. The van der Waals surface area contributed by atoms with Crippen molar-refractivity contribution in [3.8, 4) is 0 Å². The second kappa shape index (κ2) is 7.92. The van der Waals surface area contributed by atoms with Crippen molar-refractivity contribution in [1.29, 1.82) is 0 Å². The van der Waals surface area contributed by atoms with Gasteiger partial charge < -0.3 is 4.90 Å². The van der Waals surface area contributed by atoms with Crippen LogP contribution in [0.4, 0.5) is 5.69 Å². The van der Waals surface area contributed by atoms with Gasteiger partial charge in [-0.05, 0) is 44.0 Å². The van der Waals surface area contributed by atoms with Crippen molar-refractivity contribution in [2.24, 2.45) is 5.92 Å². The van der Waals surface area contributed by atoms with Crippen LogP contribution in [0.5, 0.6) is 0 Å². The highest BCUT2D eigenvalue weighted by atomic mass is 32.1. The molecule has 142 valence electrons. The van der Waals surface area contributed by atoms with Gasteiger partial charge in [-0.2, -0.15) is 0 Å². The first-order chi connectivity index (χ1) is 12.9. The molecule has 1 atom stereocenters. The maximum absolute atomic E-state index is 12.4. The number of nitrogens with one attached hydrogen (secondary N) is 2. The standard InChI is InChI=1S/C20H23N3O3S/c1-4-16-13(3)9-17(27-16)20(26)22-21-19(25)14-10-18(24)23(11-14)15-7-5-12(2)6-8-15/h5-9,14H,4,10-11H2,1-3H3,(H,21,25)(H,22,26)/t14-/m0/s1. The molecular formula is C20H23N3O3S. The van der Waals surface area contributed by atoms with Crippen LogP contribution in [0.25, 0.3) is 0 Å². The summed E-state index contributed by atoms with van der Waals surface area (Å²) in [7, 11) is 0. The molecule has 1 saturated heterocycles. The predicted octanol–water partition coefficient (Wildman–Crippen LogP) is 2.74. The fraction of sp³-hybridized carbons (Fsp3) is 0.350. The van der Waals surface area contributed by atoms with Gasteiger partial charge in [-0.15, -0.1) is 11.3 Å². The molecule has 1 aromatic heterocycles. The van der Waals surface area contributed by atoms with Gasteiger partial charge in [0.25, 0.3) is 5.91 Å². The van der Waals surface area contributed by atoms with Crippen molar-refractivity contribution in [2.75, 3.05) is 11.4 Å². The van der Waals surface area contributed by atoms with E-state index in [1.165, 1.54) is 11.3 Å². The highest BCUT2D eigenvalue weighted by Crippen LogP contribution is 2.25. The number of benzene rings is 1. The molecule has 1 aromatic carbocycles. The molecule has 2 N–H and O–H groups in total. The molecule has 0 bridgehead atoms. The number of hydrogen-bond acceptors (Lipinski definition) is 4. The minimum absolute atomic E-state index is 0.0909. The molecule has 6 nitrogen and oxygen atoms in total. The van der Waals surface area contributed by atoms with E-state index in [2.05, 4.69) is 10.9 Å². The smallest absolute Gasteiger partial charge is 0.279 e. The highest BCUT2D eigenvalue weighted by molar-refractivity contribution is 7.14. The second-order valence-corrected chi connectivity index (χ2v) is 7.89. The van der Waals surface area contributed by atoms with Gasteiger partial charge in [0, 0.05) is 23.5 Å². The zero-order valence-corrected chi connectivity index (χ0v) is 16.5. The number of anilines is 1. The molecule has 3 amide bonds. The Morgan fingerprint density at radius 3 is 2.52 bits per heavy atom. The molecule has 1 fully saturated rings. The predicted molar refractivity (Wildman–Crippen MR) is 106 cm³/mol. The Labute approximate surface area is 162 Å². The van der Waals surface area contributed by atoms with Gasteiger partial charge in [0.2, 0.25) is 11.8 Å². The van der Waals surface area contributed by atoms with Crippen LogP contribution >= 0.6 is 11.3 Å². The van der Waals surface area contributed by atoms with Crippen molar-refractivity contribution in [3.05, 3.63) is 51.2 Å². The average molecular weight is 385 g/mol. The number of hydrogen-bond donors (Lipinski definition) is 2. The van der Waals surface area contributed by atoms with Crippen LogP contribution in [0.1, 0.15) is 39.0 Å². The van der Waals surface area contributed by atoms with E-state index in [0.29, 0.717) is 11.4 Å². The molecule has 2 aromatic rings. The Hall–Kier alpha value is -2.67. The van der Waals surface area contributed by atoms with Crippen LogP contribution in [0, 0.1) is 19.8 Å². The van der Waals surface area contributed by atoms with Crippen molar-refractivity contribution in [1.82, 2.24) is 10.9 Å². The molecule has 0 aliphatic carbocycles. The number of aryl methyl sites for hydroxylation is 3. The maximum Gasteiger partial charge on any atom is 0.279 e. The minimum atomic E-state index is -0.490. The molecule has 1 aliphatic rings. The van der Waals surface area contributed by atoms with Crippen molar-refractivity contribution >= 4 is 34.7 Å². The van der Waals surface area contributed by atoms with Gasteiger partial charge >= 0.3 is 0 Å². The molecular weight excluding hydrogens is 362 g/mol. The quantitative estimate of drug-likeness (QED) is 0.795. The van der Waals surface area contributed by atoms with E-state index in [0.717, 1.165) is 28.1 Å². The molecule has 7 heteroatoms. The third-order valence-electron chi connectivity index (χ3n) is 4.71. The Morgan fingerprint density at radius 2 is 1.89 bits per heavy atom. The first kappa shape index (κ1) is 19.1. The van der Waals surface area contributed by atoms with Gasteiger partial charge in [0.1, 0.15) is 0 Å².